The summed E-state index contributed by atoms with van der Waals surface area (Å²) in [5, 5.41) is 19.2. The Balaban J connectivity index is 0.00000169. The third-order valence-corrected chi connectivity index (χ3v) is 4.84. The molecule has 11 nitrogen and oxygen atoms in total. The van der Waals surface area contributed by atoms with Crippen LogP contribution in [0, 0.1) is 6.92 Å². The Morgan fingerprint density at radius 3 is 2.49 bits per heavy atom. The van der Waals surface area contributed by atoms with Gasteiger partial charge in [0.15, 0.2) is 0 Å². The number of aldehydes is 1. The molecule has 2 aromatic heterocycles. The van der Waals surface area contributed by atoms with E-state index in [1.165, 1.54) is 6.08 Å². The third-order valence-electron chi connectivity index (χ3n) is 4.84. The Bertz CT molecular complexity index is 1140. The topological polar surface area (TPSA) is 165 Å². The second kappa shape index (κ2) is 19.5. The summed E-state index contributed by atoms with van der Waals surface area (Å²) in [5.74, 6) is 1.33. The Morgan fingerprint density at radius 2 is 1.89 bits per heavy atom. The number of amides is 1. The number of fused-ring (bicyclic) bond motifs is 1. The molecule has 0 aliphatic rings. The van der Waals surface area contributed by atoms with E-state index in [2.05, 4.69) is 15.6 Å². The van der Waals surface area contributed by atoms with Gasteiger partial charge in [-0.05, 0) is 30.7 Å². The molecule has 0 radical (unpaired) electrons. The number of aromatic nitrogens is 1. The molecule has 3 aromatic rings. The number of benzene rings is 1. The highest BCUT2D eigenvalue weighted by atomic mass is 31.1. The number of aryl methyl sites for hydroxylation is 1. The highest BCUT2D eigenvalue weighted by Crippen LogP contribution is 2.26. The second-order valence-electron chi connectivity index (χ2n) is 7.05. The predicted molar refractivity (Wildman–Crippen MR) is 146 cm³/mol. The number of pyridine rings is 1. The highest BCUT2D eigenvalue weighted by molar-refractivity contribution is 7.16. The third kappa shape index (κ3) is 10.9. The summed E-state index contributed by atoms with van der Waals surface area (Å²) in [7, 11) is 2.69. The summed E-state index contributed by atoms with van der Waals surface area (Å²) in [4.78, 5) is 36.1. The molecule has 12 heteroatoms. The van der Waals surface area contributed by atoms with Gasteiger partial charge in [0.1, 0.15) is 23.4 Å². The molecule has 1 aromatic carbocycles. The van der Waals surface area contributed by atoms with Gasteiger partial charge < -0.3 is 29.6 Å². The Labute approximate surface area is 218 Å². The first-order valence-electron chi connectivity index (χ1n) is 11.4. The van der Waals surface area contributed by atoms with E-state index in [0.29, 0.717) is 25.3 Å². The average Bonchev–Trinajstić information content (AvgIpc) is 3.25. The standard InChI is InChI=1S/C23H26N4O3.C2H6.HO2P.H2O2/c1-16-18-7-4-5-8-20(18)30-21(16)15-27(3)22(29)10-9-17-13-19(25-11-6-12-28)23(24-2)26-14-17;1-2;1-3-2;1-2/h4-5,7-10,12-14,25H,6,11,15H2,1-3H3,(H,24,26);1-2H3;(H,1,2);1-2H/b10-9+;;;. The van der Waals surface area contributed by atoms with E-state index in [1.807, 2.05) is 51.1 Å². The van der Waals surface area contributed by atoms with Crippen molar-refractivity contribution in [3.05, 3.63) is 59.5 Å². The van der Waals surface area contributed by atoms with Crippen LogP contribution in [0.1, 0.15) is 37.2 Å². The number of rotatable bonds is 9. The van der Waals surface area contributed by atoms with Gasteiger partial charge in [-0.15, -0.1) is 0 Å². The number of nitrogens with zero attached hydrogens (tertiary/aromatic N) is 2. The van der Waals surface area contributed by atoms with Crippen molar-refractivity contribution in [2.45, 2.75) is 33.7 Å². The highest BCUT2D eigenvalue weighted by Gasteiger charge is 2.14. The van der Waals surface area contributed by atoms with Gasteiger partial charge in [-0.1, -0.05) is 32.0 Å². The average molecular weight is 535 g/mol. The summed E-state index contributed by atoms with van der Waals surface area (Å²) in [6, 6.07) is 9.73. The van der Waals surface area contributed by atoms with Crippen LogP contribution < -0.4 is 10.6 Å². The quantitative estimate of drug-likeness (QED) is 0.0624. The monoisotopic (exact) mass is 534 g/mol. The molecule has 0 bridgehead atoms. The zero-order valence-corrected chi connectivity index (χ0v) is 22.5. The molecule has 0 atom stereocenters. The molecule has 0 aliphatic carbocycles. The minimum atomic E-state index is -0.833. The molecular weight excluding hydrogens is 499 g/mol. The molecule has 0 unspecified atom stereocenters. The molecule has 2 heterocycles. The van der Waals surface area contributed by atoms with Gasteiger partial charge >= 0.3 is 8.69 Å². The van der Waals surface area contributed by atoms with Crippen LogP contribution >= 0.6 is 8.69 Å². The fraction of sp³-hybridized carbons (Fsp3) is 0.320. The van der Waals surface area contributed by atoms with Gasteiger partial charge in [-0.3, -0.25) is 15.3 Å². The molecule has 202 valence electrons. The Hall–Kier alpha value is -3.63. The zero-order valence-electron chi connectivity index (χ0n) is 21.6. The molecule has 0 fully saturated rings. The molecule has 37 heavy (non-hydrogen) atoms. The summed E-state index contributed by atoms with van der Waals surface area (Å²) in [6.07, 6.45) is 6.20. The summed E-state index contributed by atoms with van der Waals surface area (Å²) in [5.41, 5.74) is 3.43. The van der Waals surface area contributed by atoms with Crippen molar-refractivity contribution >= 4 is 49.4 Å². The minimum absolute atomic E-state index is 0.136. The van der Waals surface area contributed by atoms with Crippen LogP contribution in [-0.4, -0.2) is 58.1 Å². The van der Waals surface area contributed by atoms with Crippen molar-refractivity contribution in [1.29, 1.82) is 0 Å². The van der Waals surface area contributed by atoms with Crippen LogP contribution in [0.3, 0.4) is 0 Å². The van der Waals surface area contributed by atoms with E-state index < -0.39 is 8.69 Å². The Kier molecular flexibility index (Phi) is 17.6. The van der Waals surface area contributed by atoms with Gasteiger partial charge in [0.2, 0.25) is 5.91 Å². The van der Waals surface area contributed by atoms with Crippen molar-refractivity contribution < 1.29 is 34.0 Å². The number of hydrogen-bond donors (Lipinski definition) is 5. The number of furan rings is 1. The van der Waals surface area contributed by atoms with Crippen molar-refractivity contribution in [2.24, 2.45) is 0 Å². The maximum Gasteiger partial charge on any atom is 0.324 e. The van der Waals surface area contributed by atoms with E-state index in [1.54, 1.807) is 31.3 Å². The minimum Gasteiger partial charge on any atom is -0.459 e. The number of nitrogens with one attached hydrogen (secondary N) is 2. The number of carbonyl (C=O) groups excluding carboxylic acids is 2. The van der Waals surface area contributed by atoms with E-state index in [0.717, 1.165) is 39.8 Å². The van der Waals surface area contributed by atoms with Crippen LogP contribution in [0.15, 0.2) is 47.0 Å². The second-order valence-corrected chi connectivity index (χ2v) is 7.22. The number of para-hydroxylation sites is 1. The number of anilines is 2. The lowest BCUT2D eigenvalue weighted by Crippen LogP contribution is -2.24. The molecule has 1 amide bonds. The molecule has 5 N–H and O–H groups in total. The lowest BCUT2D eigenvalue weighted by molar-refractivity contribution is -0.176. The molecule has 0 saturated carbocycles. The van der Waals surface area contributed by atoms with Gasteiger partial charge in [0.25, 0.3) is 0 Å². The van der Waals surface area contributed by atoms with Crippen LogP contribution in [-0.2, 0) is 20.7 Å². The van der Waals surface area contributed by atoms with Crippen LogP contribution in [0.4, 0.5) is 11.5 Å². The van der Waals surface area contributed by atoms with Crippen molar-refractivity contribution in [1.82, 2.24) is 9.88 Å². The lowest BCUT2D eigenvalue weighted by atomic mass is 10.1. The maximum atomic E-state index is 12.6. The maximum absolute atomic E-state index is 12.6. The van der Waals surface area contributed by atoms with Crippen molar-refractivity contribution in [3.63, 3.8) is 0 Å². The van der Waals surface area contributed by atoms with Crippen molar-refractivity contribution in [3.8, 4) is 0 Å². The summed E-state index contributed by atoms with van der Waals surface area (Å²) >= 11 is 0. The first kappa shape index (κ1) is 33.4. The van der Waals surface area contributed by atoms with Gasteiger partial charge in [0.05, 0.1) is 12.2 Å². The smallest absolute Gasteiger partial charge is 0.324 e. The normalized spacial score (nSPS) is 9.84. The Morgan fingerprint density at radius 1 is 1.24 bits per heavy atom. The van der Waals surface area contributed by atoms with E-state index >= 15 is 0 Å². The summed E-state index contributed by atoms with van der Waals surface area (Å²) in [6.45, 7) is 6.91. The molecular formula is C25H35N4O7P. The van der Waals surface area contributed by atoms with Gasteiger partial charge in [-0.25, -0.2) is 9.55 Å². The van der Waals surface area contributed by atoms with Crippen LogP contribution in [0.2, 0.25) is 0 Å². The zero-order chi connectivity index (χ0) is 28.2. The first-order chi connectivity index (χ1) is 17.9. The summed E-state index contributed by atoms with van der Waals surface area (Å²) < 4.78 is 14.4. The first-order valence-corrected chi connectivity index (χ1v) is 12.1. The van der Waals surface area contributed by atoms with Crippen LogP contribution in [0.25, 0.3) is 17.0 Å². The largest absolute Gasteiger partial charge is 0.459 e. The molecule has 0 aliphatic heterocycles. The lowest BCUT2D eigenvalue weighted by Gasteiger charge is -2.14. The van der Waals surface area contributed by atoms with Gasteiger partial charge in [-0.2, -0.15) is 0 Å². The number of likely N-dealkylation sites (N-methyl/N-ethyl adjacent to an activating group) is 1. The SMILES string of the molecule is CC.CNc1ncc(/C=C/C(=O)N(C)Cc2oc3ccccc3c2C)cc1NCCC=O.O=PO.OO. The predicted octanol–water partition coefficient (Wildman–Crippen LogP) is 5.08. The fourth-order valence-corrected chi connectivity index (χ4v) is 3.14. The number of carbonyl (C=O) groups is 2. The van der Waals surface area contributed by atoms with E-state index in [9.17, 15) is 9.59 Å². The van der Waals surface area contributed by atoms with Crippen molar-refractivity contribution in [2.75, 3.05) is 31.3 Å². The number of hydrogen-bond acceptors (Lipinski definition) is 9. The van der Waals surface area contributed by atoms with E-state index in [-0.39, 0.29) is 5.91 Å². The molecule has 3 rings (SSSR count). The fourth-order valence-electron chi connectivity index (χ4n) is 3.14. The van der Waals surface area contributed by atoms with Crippen LogP contribution in [0.5, 0.6) is 0 Å². The van der Waals surface area contributed by atoms with Gasteiger partial charge in [0, 0.05) is 50.3 Å². The molecule has 0 spiro atoms. The molecule has 0 saturated heterocycles. The van der Waals surface area contributed by atoms with E-state index in [4.69, 9.17) is 24.4 Å².